The van der Waals surface area contributed by atoms with E-state index in [1.807, 2.05) is 12.2 Å². The van der Waals surface area contributed by atoms with Crippen LogP contribution in [-0.2, 0) is 12.0 Å². The maximum Gasteiger partial charge on any atom is 0.0672 e. The Bertz CT molecular complexity index is 538. The Kier molecular flexibility index (Phi) is 2.14. The second kappa shape index (κ2) is 3.44. The molecular formula is C16H17N. The first-order valence-corrected chi connectivity index (χ1v) is 6.06. The summed E-state index contributed by atoms with van der Waals surface area (Å²) in [5.41, 5.74) is 5.31. The summed E-state index contributed by atoms with van der Waals surface area (Å²) in [4.78, 5) is 0. The Hall–Kier alpha value is -1.60. The van der Waals surface area contributed by atoms with Crippen molar-refractivity contribution in [2.45, 2.75) is 24.9 Å². The Morgan fingerprint density at radius 2 is 2.06 bits per heavy atom. The summed E-state index contributed by atoms with van der Waals surface area (Å²) >= 11 is 0. The molecule has 0 aromatic heterocycles. The minimum Gasteiger partial charge on any atom is -0.297 e. The van der Waals surface area contributed by atoms with Gasteiger partial charge in [-0.1, -0.05) is 49.6 Å². The van der Waals surface area contributed by atoms with Gasteiger partial charge in [-0.25, -0.2) is 0 Å². The van der Waals surface area contributed by atoms with Crippen molar-refractivity contribution in [1.82, 2.24) is 5.32 Å². The van der Waals surface area contributed by atoms with Crippen molar-refractivity contribution in [2.75, 3.05) is 0 Å². The standard InChI is InChI=1S/C16H17N/c1-4-12-13(5-2)16(3)14-9-7-6-8-11(14)10-15(12)17-16/h4-9,15,17H,1-2,10H2,3H3. The highest BCUT2D eigenvalue weighted by Crippen LogP contribution is 2.45. The zero-order chi connectivity index (χ0) is 12.0. The molecule has 2 aliphatic rings. The van der Waals surface area contributed by atoms with Crippen LogP contribution in [0.4, 0.5) is 0 Å². The van der Waals surface area contributed by atoms with Crippen LogP contribution >= 0.6 is 0 Å². The molecule has 2 aliphatic heterocycles. The molecule has 0 aliphatic carbocycles. The third kappa shape index (κ3) is 1.23. The number of rotatable bonds is 2. The lowest BCUT2D eigenvalue weighted by atomic mass is 9.81. The van der Waals surface area contributed by atoms with Crippen LogP contribution in [0, 0.1) is 0 Å². The topological polar surface area (TPSA) is 12.0 Å². The van der Waals surface area contributed by atoms with E-state index in [0.29, 0.717) is 6.04 Å². The highest BCUT2D eigenvalue weighted by molar-refractivity contribution is 5.57. The molecule has 0 saturated heterocycles. The Labute approximate surface area is 103 Å². The predicted octanol–water partition coefficient (Wildman–Crippen LogP) is 3.10. The first kappa shape index (κ1) is 10.5. The van der Waals surface area contributed by atoms with Gasteiger partial charge >= 0.3 is 0 Å². The van der Waals surface area contributed by atoms with Crippen molar-refractivity contribution in [3.8, 4) is 0 Å². The average Bonchev–Trinajstić information content (AvgIpc) is 2.57. The SMILES string of the molecule is C=CC1=C(C=C)C2(C)NC1Cc1ccccc12. The van der Waals surface area contributed by atoms with E-state index in [1.54, 1.807) is 0 Å². The highest BCUT2D eigenvalue weighted by atomic mass is 15.1. The summed E-state index contributed by atoms with van der Waals surface area (Å²) in [5.74, 6) is 0. The molecule has 2 heterocycles. The quantitative estimate of drug-likeness (QED) is 0.812. The Morgan fingerprint density at radius 1 is 1.29 bits per heavy atom. The molecule has 1 nitrogen and oxygen atoms in total. The zero-order valence-corrected chi connectivity index (χ0v) is 10.2. The van der Waals surface area contributed by atoms with Crippen molar-refractivity contribution in [3.63, 3.8) is 0 Å². The first-order chi connectivity index (χ1) is 8.20. The first-order valence-electron chi connectivity index (χ1n) is 6.06. The van der Waals surface area contributed by atoms with E-state index in [1.165, 1.54) is 22.3 Å². The average molecular weight is 223 g/mol. The van der Waals surface area contributed by atoms with Gasteiger partial charge in [-0.05, 0) is 35.6 Å². The van der Waals surface area contributed by atoms with E-state index >= 15 is 0 Å². The summed E-state index contributed by atoms with van der Waals surface area (Å²) < 4.78 is 0. The van der Waals surface area contributed by atoms with E-state index < -0.39 is 0 Å². The van der Waals surface area contributed by atoms with Gasteiger partial charge in [0.1, 0.15) is 0 Å². The van der Waals surface area contributed by atoms with Gasteiger partial charge in [0.2, 0.25) is 0 Å². The number of benzene rings is 1. The van der Waals surface area contributed by atoms with Gasteiger partial charge < -0.3 is 0 Å². The van der Waals surface area contributed by atoms with Gasteiger partial charge in [-0.15, -0.1) is 0 Å². The Morgan fingerprint density at radius 3 is 2.76 bits per heavy atom. The van der Waals surface area contributed by atoms with Gasteiger partial charge in [0.05, 0.1) is 5.54 Å². The largest absolute Gasteiger partial charge is 0.297 e. The Balaban J connectivity index is 2.27. The van der Waals surface area contributed by atoms with E-state index in [-0.39, 0.29) is 5.54 Å². The van der Waals surface area contributed by atoms with Crippen LogP contribution in [0.5, 0.6) is 0 Å². The minimum atomic E-state index is -0.0925. The molecule has 86 valence electrons. The maximum atomic E-state index is 3.97. The van der Waals surface area contributed by atoms with Gasteiger partial charge in [0.25, 0.3) is 0 Å². The lowest BCUT2D eigenvalue weighted by molar-refractivity contribution is 0.405. The van der Waals surface area contributed by atoms with Crippen LogP contribution in [0.25, 0.3) is 0 Å². The van der Waals surface area contributed by atoms with Crippen LogP contribution in [0.15, 0.2) is 60.7 Å². The monoisotopic (exact) mass is 223 g/mol. The van der Waals surface area contributed by atoms with E-state index in [2.05, 4.69) is 49.7 Å². The summed E-state index contributed by atoms with van der Waals surface area (Å²) in [7, 11) is 0. The highest BCUT2D eigenvalue weighted by Gasteiger charge is 2.45. The smallest absolute Gasteiger partial charge is 0.0672 e. The van der Waals surface area contributed by atoms with Crippen molar-refractivity contribution >= 4 is 0 Å². The van der Waals surface area contributed by atoms with Crippen LogP contribution in [0.1, 0.15) is 18.1 Å². The molecule has 2 atom stereocenters. The summed E-state index contributed by atoms with van der Waals surface area (Å²) in [5, 5.41) is 3.71. The molecule has 2 bridgehead atoms. The minimum absolute atomic E-state index is 0.0925. The molecule has 2 unspecified atom stereocenters. The molecule has 3 rings (SSSR count). The van der Waals surface area contributed by atoms with E-state index in [9.17, 15) is 0 Å². The van der Waals surface area contributed by atoms with Crippen LogP contribution in [-0.4, -0.2) is 6.04 Å². The van der Waals surface area contributed by atoms with Crippen LogP contribution < -0.4 is 5.32 Å². The van der Waals surface area contributed by atoms with Crippen molar-refractivity contribution in [3.05, 3.63) is 71.8 Å². The predicted molar refractivity (Wildman–Crippen MR) is 71.8 cm³/mol. The van der Waals surface area contributed by atoms with Crippen LogP contribution in [0.3, 0.4) is 0 Å². The van der Waals surface area contributed by atoms with Gasteiger partial charge in [-0.3, -0.25) is 5.32 Å². The van der Waals surface area contributed by atoms with Gasteiger partial charge in [0.15, 0.2) is 0 Å². The molecule has 1 aromatic rings. The normalized spacial score (nSPS) is 30.1. The van der Waals surface area contributed by atoms with E-state index in [0.717, 1.165) is 6.42 Å². The number of nitrogens with one attached hydrogen (secondary N) is 1. The summed E-state index contributed by atoms with van der Waals surface area (Å²) in [6.07, 6.45) is 5.00. The van der Waals surface area contributed by atoms with Crippen molar-refractivity contribution in [1.29, 1.82) is 0 Å². The molecule has 0 amide bonds. The third-order valence-electron chi connectivity index (χ3n) is 4.09. The van der Waals surface area contributed by atoms with Gasteiger partial charge in [0, 0.05) is 6.04 Å². The second-order valence-corrected chi connectivity index (χ2v) is 4.96. The molecule has 1 aromatic carbocycles. The molecular weight excluding hydrogens is 206 g/mol. The summed E-state index contributed by atoms with van der Waals surface area (Å²) in [6.45, 7) is 10.2. The van der Waals surface area contributed by atoms with E-state index in [4.69, 9.17) is 0 Å². The van der Waals surface area contributed by atoms with Crippen molar-refractivity contribution in [2.24, 2.45) is 0 Å². The van der Waals surface area contributed by atoms with Crippen molar-refractivity contribution < 1.29 is 0 Å². The molecule has 0 saturated carbocycles. The number of fused-ring (bicyclic) bond motifs is 4. The summed E-state index contributed by atoms with van der Waals surface area (Å²) in [6, 6.07) is 9.06. The fourth-order valence-corrected chi connectivity index (χ4v) is 3.34. The molecule has 0 spiro atoms. The van der Waals surface area contributed by atoms with Crippen LogP contribution in [0.2, 0.25) is 0 Å². The fraction of sp³-hybridized carbons (Fsp3) is 0.250. The lowest BCUT2D eigenvalue weighted by Crippen LogP contribution is -2.46. The molecule has 1 heteroatoms. The lowest BCUT2D eigenvalue weighted by Gasteiger charge is -2.35. The molecule has 0 radical (unpaired) electrons. The fourth-order valence-electron chi connectivity index (χ4n) is 3.34. The number of hydrogen-bond acceptors (Lipinski definition) is 1. The third-order valence-corrected chi connectivity index (χ3v) is 4.09. The molecule has 1 N–H and O–H groups in total. The molecule has 17 heavy (non-hydrogen) atoms. The molecule has 0 fully saturated rings. The van der Waals surface area contributed by atoms with Gasteiger partial charge in [-0.2, -0.15) is 0 Å². The number of hydrogen-bond donors (Lipinski definition) is 1. The maximum absolute atomic E-state index is 3.97. The second-order valence-electron chi connectivity index (χ2n) is 4.96. The zero-order valence-electron chi connectivity index (χ0n) is 10.2.